The second kappa shape index (κ2) is 9.88. The zero-order valence-electron chi connectivity index (χ0n) is 18.1. The second-order valence-electron chi connectivity index (χ2n) is 8.69. The van der Waals surface area contributed by atoms with Crippen LogP contribution in [0.5, 0.6) is 0 Å². The number of hydrogen-bond acceptors (Lipinski definition) is 4. The second-order valence-corrected chi connectivity index (χ2v) is 8.69. The Labute approximate surface area is 175 Å². The number of nitrogens with zero attached hydrogens (tertiary/aromatic N) is 4. The van der Waals surface area contributed by atoms with Crippen LogP contribution in [0.4, 0.5) is 0 Å². The Morgan fingerprint density at radius 1 is 1.21 bits per heavy atom. The fourth-order valence-electron chi connectivity index (χ4n) is 5.17. The normalized spacial score (nSPS) is 20.4. The lowest BCUT2D eigenvalue weighted by atomic mass is 9.95. The molecule has 4 rings (SSSR count). The highest BCUT2D eigenvalue weighted by atomic mass is 16.5. The Hall–Kier alpha value is -1.69. The Bertz CT molecular complexity index is 749. The number of piperidine rings is 1. The summed E-state index contributed by atoms with van der Waals surface area (Å²) in [4.78, 5) is 9.92. The van der Waals surface area contributed by atoms with Crippen LogP contribution >= 0.6 is 0 Å². The number of likely N-dealkylation sites (tertiary alicyclic amines) is 1. The van der Waals surface area contributed by atoms with E-state index >= 15 is 0 Å². The third kappa shape index (κ3) is 5.08. The van der Waals surface area contributed by atoms with Crippen molar-refractivity contribution in [3.63, 3.8) is 0 Å². The molecule has 1 saturated heterocycles. The maximum atomic E-state index is 5.40. The molecule has 0 amide bonds. The van der Waals surface area contributed by atoms with Gasteiger partial charge in [0.05, 0.1) is 13.2 Å². The molecule has 1 unspecified atom stereocenters. The van der Waals surface area contributed by atoms with Gasteiger partial charge in [0, 0.05) is 51.7 Å². The number of methoxy groups -OCH3 is 1. The number of fused-ring (bicyclic) bond motifs is 1. The van der Waals surface area contributed by atoms with Gasteiger partial charge in [-0.25, -0.2) is 4.98 Å². The number of benzene rings is 1. The van der Waals surface area contributed by atoms with Crippen molar-refractivity contribution >= 4 is 0 Å². The number of hydrogen-bond donors (Lipinski definition) is 0. The van der Waals surface area contributed by atoms with Crippen LogP contribution in [0, 0.1) is 5.92 Å². The van der Waals surface area contributed by atoms with Gasteiger partial charge in [-0.1, -0.05) is 24.3 Å². The van der Waals surface area contributed by atoms with Crippen LogP contribution in [0.1, 0.15) is 36.7 Å². The summed E-state index contributed by atoms with van der Waals surface area (Å²) in [6.07, 6.45) is 9.12. The molecule has 0 bridgehead atoms. The molecule has 29 heavy (non-hydrogen) atoms. The molecule has 1 aliphatic heterocycles. The van der Waals surface area contributed by atoms with Gasteiger partial charge in [0.25, 0.3) is 0 Å². The summed E-state index contributed by atoms with van der Waals surface area (Å²) in [5, 5.41) is 0. The van der Waals surface area contributed by atoms with Crippen LogP contribution in [-0.4, -0.2) is 65.3 Å². The molecule has 1 aromatic carbocycles. The smallest absolute Gasteiger partial charge is 0.122 e. The molecule has 0 spiro atoms. The standard InChI is InChI=1S/C24H36N4O/c1-3-27-12-10-25-24(27)19-26(13-14-29-2)17-20-7-6-11-28(18-20)23-15-21-8-4-5-9-22(21)16-23/h4-5,8-10,12,20,23H,3,6-7,11,13-19H2,1-2H3. The third-order valence-corrected chi connectivity index (χ3v) is 6.73. The van der Waals surface area contributed by atoms with Crippen molar-refractivity contribution in [1.82, 2.24) is 19.4 Å². The van der Waals surface area contributed by atoms with Gasteiger partial charge >= 0.3 is 0 Å². The van der Waals surface area contributed by atoms with Crippen LogP contribution in [0.3, 0.4) is 0 Å². The molecule has 1 aromatic heterocycles. The molecule has 0 N–H and O–H groups in total. The Morgan fingerprint density at radius 3 is 2.72 bits per heavy atom. The zero-order chi connectivity index (χ0) is 20.1. The van der Waals surface area contributed by atoms with E-state index in [0.29, 0.717) is 6.04 Å². The number of aryl methyl sites for hydroxylation is 1. The molecule has 1 atom stereocenters. The van der Waals surface area contributed by atoms with Crippen molar-refractivity contribution in [2.24, 2.45) is 5.92 Å². The first-order chi connectivity index (χ1) is 14.3. The summed E-state index contributed by atoms with van der Waals surface area (Å²) in [5.74, 6) is 1.90. The van der Waals surface area contributed by atoms with Gasteiger partial charge in [-0.2, -0.15) is 0 Å². The van der Waals surface area contributed by atoms with Crippen LogP contribution < -0.4 is 0 Å². The van der Waals surface area contributed by atoms with Crippen molar-refractivity contribution in [3.05, 3.63) is 53.6 Å². The van der Waals surface area contributed by atoms with Gasteiger partial charge in [0.2, 0.25) is 0 Å². The van der Waals surface area contributed by atoms with E-state index < -0.39 is 0 Å². The largest absolute Gasteiger partial charge is 0.383 e. The van der Waals surface area contributed by atoms with E-state index in [2.05, 4.69) is 56.7 Å². The molecule has 5 heteroatoms. The van der Waals surface area contributed by atoms with E-state index in [9.17, 15) is 0 Å². The summed E-state index contributed by atoms with van der Waals surface area (Å²) in [6, 6.07) is 9.71. The monoisotopic (exact) mass is 396 g/mol. The summed E-state index contributed by atoms with van der Waals surface area (Å²) in [5.41, 5.74) is 3.13. The number of aromatic nitrogens is 2. The lowest BCUT2D eigenvalue weighted by Crippen LogP contribution is -2.46. The highest BCUT2D eigenvalue weighted by Crippen LogP contribution is 2.29. The molecule has 5 nitrogen and oxygen atoms in total. The van der Waals surface area contributed by atoms with E-state index in [-0.39, 0.29) is 0 Å². The van der Waals surface area contributed by atoms with Crippen molar-refractivity contribution in [2.75, 3.05) is 39.9 Å². The number of ether oxygens (including phenoxy) is 1. The molecule has 1 fully saturated rings. The fraction of sp³-hybridized carbons (Fsp3) is 0.625. The van der Waals surface area contributed by atoms with Crippen molar-refractivity contribution in [1.29, 1.82) is 0 Å². The quantitative estimate of drug-likeness (QED) is 0.652. The van der Waals surface area contributed by atoms with Crippen LogP contribution in [0.15, 0.2) is 36.7 Å². The molecular formula is C24H36N4O. The minimum absolute atomic E-state index is 0.696. The van der Waals surface area contributed by atoms with Gasteiger partial charge in [0.1, 0.15) is 5.82 Å². The Morgan fingerprint density at radius 2 is 2.00 bits per heavy atom. The predicted octanol–water partition coefficient (Wildman–Crippen LogP) is 3.23. The highest BCUT2D eigenvalue weighted by molar-refractivity contribution is 5.33. The first-order valence-electron chi connectivity index (χ1n) is 11.3. The van der Waals surface area contributed by atoms with Crippen molar-refractivity contribution in [2.45, 2.75) is 51.7 Å². The zero-order valence-corrected chi connectivity index (χ0v) is 18.1. The average molecular weight is 397 g/mol. The number of rotatable bonds is 9. The van der Waals surface area contributed by atoms with Crippen molar-refractivity contribution in [3.8, 4) is 0 Å². The molecule has 2 aromatic rings. The topological polar surface area (TPSA) is 33.5 Å². The van der Waals surface area contributed by atoms with Gasteiger partial charge < -0.3 is 9.30 Å². The molecule has 0 radical (unpaired) electrons. The van der Waals surface area contributed by atoms with Gasteiger partial charge in [-0.15, -0.1) is 0 Å². The highest BCUT2D eigenvalue weighted by Gasteiger charge is 2.31. The maximum Gasteiger partial charge on any atom is 0.122 e. The molecular weight excluding hydrogens is 360 g/mol. The van der Waals surface area contributed by atoms with Crippen LogP contribution in [-0.2, 0) is 30.7 Å². The molecule has 2 heterocycles. The van der Waals surface area contributed by atoms with Crippen LogP contribution in [0.2, 0.25) is 0 Å². The Kier molecular flexibility index (Phi) is 7.01. The molecule has 158 valence electrons. The summed E-state index contributed by atoms with van der Waals surface area (Å²) in [7, 11) is 1.80. The van der Waals surface area contributed by atoms with E-state index in [1.165, 1.54) is 44.6 Å². The van der Waals surface area contributed by atoms with Crippen LogP contribution in [0.25, 0.3) is 0 Å². The lowest BCUT2D eigenvalue weighted by Gasteiger charge is -2.38. The third-order valence-electron chi connectivity index (χ3n) is 6.73. The Balaban J connectivity index is 1.36. The van der Waals surface area contributed by atoms with Gasteiger partial charge in [-0.05, 0) is 56.2 Å². The van der Waals surface area contributed by atoms with E-state index in [4.69, 9.17) is 4.74 Å². The molecule has 0 saturated carbocycles. The number of imidazole rings is 1. The first kappa shape index (κ1) is 20.6. The van der Waals surface area contributed by atoms with E-state index in [1.54, 1.807) is 18.2 Å². The van der Waals surface area contributed by atoms with Gasteiger partial charge in [-0.3, -0.25) is 9.80 Å². The summed E-state index contributed by atoms with van der Waals surface area (Å²) in [6.45, 7) is 9.44. The minimum atomic E-state index is 0.696. The fourth-order valence-corrected chi connectivity index (χ4v) is 5.17. The summed E-state index contributed by atoms with van der Waals surface area (Å²) < 4.78 is 7.65. The minimum Gasteiger partial charge on any atom is -0.383 e. The van der Waals surface area contributed by atoms with Crippen molar-refractivity contribution < 1.29 is 4.74 Å². The predicted molar refractivity (Wildman–Crippen MR) is 117 cm³/mol. The summed E-state index contributed by atoms with van der Waals surface area (Å²) >= 11 is 0. The maximum absolute atomic E-state index is 5.40. The first-order valence-corrected chi connectivity index (χ1v) is 11.3. The molecule has 1 aliphatic carbocycles. The van der Waals surface area contributed by atoms with E-state index in [0.717, 1.165) is 38.7 Å². The van der Waals surface area contributed by atoms with Gasteiger partial charge in [0.15, 0.2) is 0 Å². The lowest BCUT2D eigenvalue weighted by molar-refractivity contribution is 0.0829. The SMILES string of the molecule is CCn1ccnc1CN(CCOC)CC1CCCN(C2Cc3ccccc3C2)C1. The van der Waals surface area contributed by atoms with E-state index in [1.807, 2.05) is 6.20 Å². The molecule has 2 aliphatic rings. The average Bonchev–Trinajstić information content (AvgIpc) is 3.38.